The van der Waals surface area contributed by atoms with Crippen molar-refractivity contribution in [1.29, 1.82) is 0 Å². The summed E-state index contributed by atoms with van der Waals surface area (Å²) in [6.07, 6.45) is 5.49. The van der Waals surface area contributed by atoms with Gasteiger partial charge in [0.25, 0.3) is 5.91 Å². The minimum absolute atomic E-state index is 0.218. The first kappa shape index (κ1) is 15.3. The fourth-order valence-corrected chi connectivity index (χ4v) is 2.10. The molecule has 2 aromatic heterocycles. The Labute approximate surface area is 124 Å². The number of aromatic nitrogens is 2. The third kappa shape index (κ3) is 4.43. The normalized spacial score (nSPS) is 12.4. The minimum Gasteiger partial charge on any atom is -0.391 e. The Balaban J connectivity index is 1.91. The molecule has 0 aromatic carbocycles. The molecule has 0 saturated carbocycles. The molecule has 2 heterocycles. The maximum absolute atomic E-state index is 12.0. The van der Waals surface area contributed by atoms with Gasteiger partial charge in [-0.3, -0.25) is 4.79 Å². The van der Waals surface area contributed by atoms with Gasteiger partial charge in [-0.1, -0.05) is 13.8 Å². The summed E-state index contributed by atoms with van der Waals surface area (Å²) in [6.45, 7) is 4.33. The van der Waals surface area contributed by atoms with Crippen LogP contribution in [0, 0.1) is 5.92 Å². The number of amides is 1. The van der Waals surface area contributed by atoms with Gasteiger partial charge in [-0.05, 0) is 36.6 Å². The molecule has 2 N–H and O–H groups in total. The lowest BCUT2D eigenvalue weighted by Gasteiger charge is -2.13. The van der Waals surface area contributed by atoms with Crippen LogP contribution in [0.15, 0.2) is 42.9 Å². The Bertz CT molecular complexity index is 562. The highest BCUT2D eigenvalue weighted by Gasteiger charge is 2.11. The summed E-state index contributed by atoms with van der Waals surface area (Å²) < 4.78 is 1.87. The van der Waals surface area contributed by atoms with Gasteiger partial charge in [0.2, 0.25) is 0 Å². The van der Waals surface area contributed by atoms with Gasteiger partial charge in [0.15, 0.2) is 0 Å². The average molecular weight is 287 g/mol. The Morgan fingerprint density at radius 1 is 1.33 bits per heavy atom. The molecule has 5 heteroatoms. The van der Waals surface area contributed by atoms with Crippen molar-refractivity contribution in [2.45, 2.75) is 26.4 Å². The first-order chi connectivity index (χ1) is 10.1. The van der Waals surface area contributed by atoms with E-state index in [9.17, 15) is 9.90 Å². The number of rotatable bonds is 6. The van der Waals surface area contributed by atoms with E-state index in [1.165, 1.54) is 0 Å². The van der Waals surface area contributed by atoms with Crippen LogP contribution in [-0.2, 0) is 0 Å². The molecular weight excluding hydrogens is 266 g/mol. The molecule has 1 amide bonds. The van der Waals surface area contributed by atoms with E-state index in [4.69, 9.17) is 0 Å². The van der Waals surface area contributed by atoms with E-state index in [1.54, 1.807) is 18.3 Å². The van der Waals surface area contributed by atoms with Crippen LogP contribution in [0.3, 0.4) is 0 Å². The fraction of sp³-hybridized carbons (Fsp3) is 0.375. The van der Waals surface area contributed by atoms with Crippen molar-refractivity contribution < 1.29 is 9.90 Å². The average Bonchev–Trinajstić information content (AvgIpc) is 2.98. The minimum atomic E-state index is -0.513. The third-order valence-corrected chi connectivity index (χ3v) is 3.12. The van der Waals surface area contributed by atoms with E-state index in [2.05, 4.69) is 10.3 Å². The predicted molar refractivity (Wildman–Crippen MR) is 81.4 cm³/mol. The fourth-order valence-electron chi connectivity index (χ4n) is 2.10. The summed E-state index contributed by atoms with van der Waals surface area (Å²) in [5.41, 5.74) is 0.489. The van der Waals surface area contributed by atoms with Crippen molar-refractivity contribution >= 4 is 5.91 Å². The lowest BCUT2D eigenvalue weighted by molar-refractivity contribution is 0.0900. The van der Waals surface area contributed by atoms with E-state index in [1.807, 2.05) is 42.9 Å². The zero-order valence-electron chi connectivity index (χ0n) is 12.4. The summed E-state index contributed by atoms with van der Waals surface area (Å²) in [7, 11) is 0. The van der Waals surface area contributed by atoms with Gasteiger partial charge in [-0.25, -0.2) is 4.98 Å². The van der Waals surface area contributed by atoms with E-state index in [0.717, 1.165) is 5.82 Å². The number of carbonyl (C=O) groups excluding carboxylic acids is 1. The lowest BCUT2D eigenvalue weighted by Crippen LogP contribution is -2.32. The summed E-state index contributed by atoms with van der Waals surface area (Å²) >= 11 is 0. The van der Waals surface area contributed by atoms with Crippen molar-refractivity contribution in [3.8, 4) is 5.82 Å². The maximum atomic E-state index is 12.0. The first-order valence-corrected chi connectivity index (χ1v) is 7.12. The number of hydrogen-bond acceptors (Lipinski definition) is 3. The highest BCUT2D eigenvalue weighted by Crippen LogP contribution is 2.07. The number of nitrogens with one attached hydrogen (secondary N) is 1. The Hall–Kier alpha value is -2.14. The van der Waals surface area contributed by atoms with Crippen LogP contribution in [0.4, 0.5) is 0 Å². The highest BCUT2D eigenvalue weighted by atomic mass is 16.3. The number of pyridine rings is 1. The maximum Gasteiger partial charge on any atom is 0.252 e. The van der Waals surface area contributed by atoms with Crippen molar-refractivity contribution in [2.24, 2.45) is 5.92 Å². The number of aliphatic hydroxyl groups is 1. The molecule has 0 aliphatic heterocycles. The molecule has 2 rings (SSSR count). The van der Waals surface area contributed by atoms with Crippen LogP contribution in [0.5, 0.6) is 0 Å². The zero-order valence-corrected chi connectivity index (χ0v) is 12.4. The molecule has 0 bridgehead atoms. The highest BCUT2D eigenvalue weighted by molar-refractivity contribution is 5.93. The molecule has 1 atom stereocenters. The predicted octanol–water partition coefficient (Wildman–Crippen LogP) is 2.01. The molecule has 0 spiro atoms. The second-order valence-corrected chi connectivity index (χ2v) is 5.49. The van der Waals surface area contributed by atoms with E-state index < -0.39 is 6.10 Å². The largest absolute Gasteiger partial charge is 0.391 e. The smallest absolute Gasteiger partial charge is 0.252 e. The van der Waals surface area contributed by atoms with Crippen LogP contribution >= 0.6 is 0 Å². The van der Waals surface area contributed by atoms with Crippen LogP contribution in [0.25, 0.3) is 5.82 Å². The van der Waals surface area contributed by atoms with Gasteiger partial charge < -0.3 is 15.0 Å². The van der Waals surface area contributed by atoms with Crippen molar-refractivity contribution in [3.63, 3.8) is 0 Å². The van der Waals surface area contributed by atoms with Gasteiger partial charge in [-0.2, -0.15) is 0 Å². The van der Waals surface area contributed by atoms with Gasteiger partial charge in [0.1, 0.15) is 5.82 Å². The zero-order chi connectivity index (χ0) is 15.2. The van der Waals surface area contributed by atoms with Crippen molar-refractivity contribution in [2.75, 3.05) is 6.54 Å². The molecular formula is C16H21N3O2. The molecule has 112 valence electrons. The quantitative estimate of drug-likeness (QED) is 0.854. The van der Waals surface area contributed by atoms with E-state index in [-0.39, 0.29) is 12.5 Å². The monoisotopic (exact) mass is 287 g/mol. The van der Waals surface area contributed by atoms with Crippen LogP contribution in [0.2, 0.25) is 0 Å². The third-order valence-electron chi connectivity index (χ3n) is 3.12. The molecule has 0 aliphatic rings. The lowest BCUT2D eigenvalue weighted by atomic mass is 10.1. The Kier molecular flexibility index (Phi) is 5.11. The van der Waals surface area contributed by atoms with E-state index in [0.29, 0.717) is 17.9 Å². The summed E-state index contributed by atoms with van der Waals surface area (Å²) in [4.78, 5) is 16.2. The Morgan fingerprint density at radius 2 is 2.05 bits per heavy atom. The van der Waals surface area contributed by atoms with Crippen molar-refractivity contribution in [1.82, 2.24) is 14.9 Å². The molecule has 2 aromatic rings. The summed E-state index contributed by atoms with van der Waals surface area (Å²) in [5, 5.41) is 12.5. The second-order valence-electron chi connectivity index (χ2n) is 5.49. The van der Waals surface area contributed by atoms with Crippen LogP contribution in [0.1, 0.15) is 30.6 Å². The van der Waals surface area contributed by atoms with E-state index >= 15 is 0 Å². The summed E-state index contributed by atoms with van der Waals surface area (Å²) in [5.74, 6) is 0.945. The van der Waals surface area contributed by atoms with Crippen molar-refractivity contribution in [3.05, 3.63) is 48.4 Å². The second kappa shape index (κ2) is 7.04. The molecule has 0 fully saturated rings. The number of carbonyl (C=O) groups is 1. The van der Waals surface area contributed by atoms with Gasteiger partial charge in [0.05, 0.1) is 11.7 Å². The number of hydrogen-bond donors (Lipinski definition) is 2. The molecule has 0 saturated heterocycles. The number of aliphatic hydroxyl groups excluding tert-OH is 1. The standard InChI is InChI=1S/C16H21N3O2/c1-12(2)9-14(20)11-18-16(21)13-5-6-15(17-10-13)19-7-3-4-8-19/h3-8,10,12,14,20H,9,11H2,1-2H3,(H,18,21). The SMILES string of the molecule is CC(C)CC(O)CNC(=O)c1ccc(-n2cccc2)nc1. The number of nitrogens with zero attached hydrogens (tertiary/aromatic N) is 2. The molecule has 0 radical (unpaired) electrons. The van der Waals surface area contributed by atoms with Gasteiger partial charge >= 0.3 is 0 Å². The molecule has 1 unspecified atom stereocenters. The Morgan fingerprint density at radius 3 is 2.62 bits per heavy atom. The first-order valence-electron chi connectivity index (χ1n) is 7.12. The molecule has 21 heavy (non-hydrogen) atoms. The summed E-state index contributed by atoms with van der Waals surface area (Å²) in [6, 6.07) is 7.35. The van der Waals surface area contributed by atoms with Gasteiger partial charge in [0, 0.05) is 25.1 Å². The molecule has 5 nitrogen and oxygen atoms in total. The van der Waals surface area contributed by atoms with Gasteiger partial charge in [-0.15, -0.1) is 0 Å². The topological polar surface area (TPSA) is 67.2 Å². The van der Waals surface area contributed by atoms with Crippen LogP contribution < -0.4 is 5.32 Å². The van der Waals surface area contributed by atoms with Crippen LogP contribution in [-0.4, -0.2) is 33.2 Å². The molecule has 0 aliphatic carbocycles.